The molecule has 7 heteroatoms. The number of nitriles is 1. The highest BCUT2D eigenvalue weighted by molar-refractivity contribution is 5.94. The largest absolute Gasteiger partial charge is 0.353 e. The van der Waals surface area contributed by atoms with E-state index in [1.807, 2.05) is 30.3 Å². The Kier molecular flexibility index (Phi) is 5.79. The number of anilines is 2. The lowest BCUT2D eigenvalue weighted by atomic mass is 10.0. The molecule has 0 unspecified atom stereocenters. The molecule has 1 N–H and O–H groups in total. The molecule has 34 heavy (non-hydrogen) atoms. The third-order valence-electron chi connectivity index (χ3n) is 6.04. The molecule has 1 aromatic heterocycles. The first-order valence-electron chi connectivity index (χ1n) is 11.1. The molecular formula is C27H22FN5O. The van der Waals surface area contributed by atoms with Gasteiger partial charge in [0.25, 0.3) is 0 Å². The number of hydrogen-bond acceptors (Lipinski definition) is 4. The summed E-state index contributed by atoms with van der Waals surface area (Å²) in [7, 11) is 0. The highest BCUT2D eigenvalue weighted by Crippen LogP contribution is 2.29. The van der Waals surface area contributed by atoms with Gasteiger partial charge in [-0.2, -0.15) is 5.26 Å². The Morgan fingerprint density at radius 3 is 2.44 bits per heavy atom. The zero-order valence-corrected chi connectivity index (χ0v) is 18.4. The summed E-state index contributed by atoms with van der Waals surface area (Å²) < 4.78 is 13.4. The van der Waals surface area contributed by atoms with Gasteiger partial charge in [-0.25, -0.2) is 14.2 Å². The van der Waals surface area contributed by atoms with Crippen molar-refractivity contribution in [1.29, 1.82) is 5.26 Å². The van der Waals surface area contributed by atoms with E-state index in [0.717, 1.165) is 27.8 Å². The van der Waals surface area contributed by atoms with Gasteiger partial charge in [-0.05, 0) is 42.0 Å². The summed E-state index contributed by atoms with van der Waals surface area (Å²) in [4.78, 5) is 21.6. The minimum absolute atomic E-state index is 0.215. The van der Waals surface area contributed by atoms with Gasteiger partial charge >= 0.3 is 6.03 Å². The van der Waals surface area contributed by atoms with Gasteiger partial charge in [0.2, 0.25) is 0 Å². The monoisotopic (exact) mass is 451 g/mol. The number of nitrogens with zero attached hydrogens (tertiary/aromatic N) is 4. The number of nitrogens with one attached hydrogen (secondary N) is 1. The van der Waals surface area contributed by atoms with Crippen LogP contribution in [-0.2, 0) is 0 Å². The average Bonchev–Trinajstić information content (AvgIpc) is 2.89. The van der Waals surface area contributed by atoms with Crippen LogP contribution in [0.3, 0.4) is 0 Å². The van der Waals surface area contributed by atoms with E-state index in [2.05, 4.69) is 16.3 Å². The number of urea groups is 1. The number of para-hydroxylation sites is 2. The van der Waals surface area contributed by atoms with Crippen LogP contribution in [-0.4, -0.2) is 42.1 Å². The van der Waals surface area contributed by atoms with Crippen LogP contribution in [0.25, 0.3) is 22.0 Å². The van der Waals surface area contributed by atoms with E-state index in [1.165, 1.54) is 12.1 Å². The van der Waals surface area contributed by atoms with Crippen LogP contribution in [0.15, 0.2) is 78.9 Å². The Bertz CT molecular complexity index is 1390. The van der Waals surface area contributed by atoms with Gasteiger partial charge in [0.05, 0.1) is 16.8 Å². The highest BCUT2D eigenvalue weighted by Gasteiger charge is 2.23. The van der Waals surface area contributed by atoms with Crippen molar-refractivity contribution in [3.8, 4) is 17.2 Å². The third kappa shape index (κ3) is 4.26. The summed E-state index contributed by atoms with van der Waals surface area (Å²) in [6, 6.07) is 25.3. The first kappa shape index (κ1) is 21.4. The lowest BCUT2D eigenvalue weighted by Gasteiger charge is -2.35. The summed E-state index contributed by atoms with van der Waals surface area (Å²) in [5.41, 5.74) is 3.68. The zero-order chi connectivity index (χ0) is 23.5. The molecule has 0 saturated carbocycles. The Labute approximate surface area is 196 Å². The first-order chi connectivity index (χ1) is 16.6. The predicted octanol–water partition coefficient (Wildman–Crippen LogP) is 5.27. The van der Waals surface area contributed by atoms with Gasteiger partial charge in [0.1, 0.15) is 17.7 Å². The van der Waals surface area contributed by atoms with Crippen LogP contribution in [0.1, 0.15) is 5.56 Å². The summed E-state index contributed by atoms with van der Waals surface area (Å²) in [5.74, 6) is 0.576. The van der Waals surface area contributed by atoms with Crippen LogP contribution < -0.4 is 10.2 Å². The number of rotatable bonds is 3. The van der Waals surface area contributed by atoms with Crippen molar-refractivity contribution in [1.82, 2.24) is 9.88 Å². The first-order valence-corrected chi connectivity index (χ1v) is 11.1. The fraction of sp³-hybridized carbons (Fsp3) is 0.148. The number of aromatic nitrogens is 1. The van der Waals surface area contributed by atoms with Crippen molar-refractivity contribution < 1.29 is 9.18 Å². The normalized spacial score (nSPS) is 13.5. The van der Waals surface area contributed by atoms with E-state index < -0.39 is 0 Å². The SMILES string of the molecule is N#Cc1ccccc1NC(=O)N1CCN(c2ccc3cccc(-c4ccc(F)cc4)c3n2)CC1. The number of amides is 2. The third-order valence-corrected chi connectivity index (χ3v) is 6.04. The van der Waals surface area contributed by atoms with Gasteiger partial charge < -0.3 is 15.1 Å². The number of pyridine rings is 1. The Morgan fingerprint density at radius 1 is 0.912 bits per heavy atom. The van der Waals surface area contributed by atoms with E-state index >= 15 is 0 Å². The predicted molar refractivity (Wildman–Crippen MR) is 131 cm³/mol. The van der Waals surface area contributed by atoms with Gasteiger partial charge in [-0.1, -0.05) is 42.5 Å². The molecule has 0 radical (unpaired) electrons. The second kappa shape index (κ2) is 9.20. The van der Waals surface area contributed by atoms with Crippen molar-refractivity contribution in [3.05, 3.63) is 90.2 Å². The van der Waals surface area contributed by atoms with E-state index in [-0.39, 0.29) is 11.8 Å². The quantitative estimate of drug-likeness (QED) is 0.461. The Hall–Kier alpha value is -4.44. The molecule has 5 rings (SSSR count). The van der Waals surface area contributed by atoms with Gasteiger partial charge in [0, 0.05) is 37.1 Å². The maximum atomic E-state index is 13.4. The highest BCUT2D eigenvalue weighted by atomic mass is 19.1. The van der Waals surface area contributed by atoms with E-state index in [1.54, 1.807) is 41.3 Å². The van der Waals surface area contributed by atoms with Gasteiger partial charge in [-0.3, -0.25) is 0 Å². The summed E-state index contributed by atoms with van der Waals surface area (Å²) in [6.45, 7) is 2.37. The molecular weight excluding hydrogens is 429 g/mol. The molecule has 1 fully saturated rings. The Morgan fingerprint density at radius 2 is 1.68 bits per heavy atom. The van der Waals surface area contributed by atoms with Crippen LogP contribution in [0.2, 0.25) is 0 Å². The number of fused-ring (bicyclic) bond motifs is 1. The average molecular weight is 452 g/mol. The van der Waals surface area contributed by atoms with E-state index in [9.17, 15) is 14.4 Å². The number of benzene rings is 3. The molecule has 2 heterocycles. The lowest BCUT2D eigenvalue weighted by Crippen LogP contribution is -2.50. The second-order valence-electron chi connectivity index (χ2n) is 8.12. The molecule has 6 nitrogen and oxygen atoms in total. The maximum Gasteiger partial charge on any atom is 0.322 e. The van der Waals surface area contributed by atoms with Crippen molar-refractivity contribution in [2.45, 2.75) is 0 Å². The second-order valence-corrected chi connectivity index (χ2v) is 8.12. The molecule has 4 aromatic rings. The van der Waals surface area contributed by atoms with Gasteiger partial charge in [-0.15, -0.1) is 0 Å². The fourth-order valence-electron chi connectivity index (χ4n) is 4.20. The number of hydrogen-bond donors (Lipinski definition) is 1. The number of carbonyl (C=O) groups excluding carboxylic acids is 1. The molecule has 0 atom stereocenters. The minimum atomic E-state index is -0.268. The fourth-order valence-corrected chi connectivity index (χ4v) is 4.20. The number of carbonyl (C=O) groups is 1. The molecule has 1 aliphatic rings. The topological polar surface area (TPSA) is 72.3 Å². The molecule has 0 bridgehead atoms. The molecule has 1 saturated heterocycles. The number of halogens is 1. The maximum absolute atomic E-state index is 13.4. The molecule has 3 aromatic carbocycles. The van der Waals surface area contributed by atoms with Crippen LogP contribution >= 0.6 is 0 Å². The molecule has 0 aliphatic carbocycles. The van der Waals surface area contributed by atoms with E-state index in [4.69, 9.17) is 4.98 Å². The summed E-state index contributed by atoms with van der Waals surface area (Å²) in [5, 5.41) is 13.1. The standard InChI is InChI=1S/C27H22FN5O/c28-22-11-8-19(9-12-22)23-6-3-5-20-10-13-25(31-26(20)23)32-14-16-33(17-15-32)27(34)30-24-7-2-1-4-21(24)18-29/h1-13H,14-17H2,(H,30,34). The van der Waals surface area contributed by atoms with Crippen molar-refractivity contribution >= 4 is 28.4 Å². The van der Waals surface area contributed by atoms with Gasteiger partial charge in [0.15, 0.2) is 0 Å². The van der Waals surface area contributed by atoms with E-state index in [0.29, 0.717) is 37.4 Å². The number of piperazine rings is 1. The molecule has 0 spiro atoms. The molecule has 1 aliphatic heterocycles. The molecule has 168 valence electrons. The lowest BCUT2D eigenvalue weighted by molar-refractivity contribution is 0.208. The zero-order valence-electron chi connectivity index (χ0n) is 18.4. The smallest absolute Gasteiger partial charge is 0.322 e. The van der Waals surface area contributed by atoms with Crippen LogP contribution in [0.4, 0.5) is 20.7 Å². The van der Waals surface area contributed by atoms with Crippen molar-refractivity contribution in [3.63, 3.8) is 0 Å². The molecule has 2 amide bonds. The van der Waals surface area contributed by atoms with Crippen molar-refractivity contribution in [2.24, 2.45) is 0 Å². The Balaban J connectivity index is 1.32. The minimum Gasteiger partial charge on any atom is -0.353 e. The van der Waals surface area contributed by atoms with Crippen LogP contribution in [0.5, 0.6) is 0 Å². The van der Waals surface area contributed by atoms with Crippen LogP contribution in [0, 0.1) is 17.1 Å². The summed E-state index contributed by atoms with van der Waals surface area (Å²) in [6.07, 6.45) is 0. The van der Waals surface area contributed by atoms with Crippen molar-refractivity contribution in [2.75, 3.05) is 36.4 Å². The summed E-state index contributed by atoms with van der Waals surface area (Å²) >= 11 is 0.